The van der Waals surface area contributed by atoms with Crippen molar-refractivity contribution in [1.82, 2.24) is 0 Å². The number of halogens is 1. The molecule has 0 aliphatic carbocycles. The van der Waals surface area contributed by atoms with E-state index in [0.717, 1.165) is 5.56 Å². The second kappa shape index (κ2) is 6.33. The van der Waals surface area contributed by atoms with Gasteiger partial charge < -0.3 is 4.74 Å². The predicted molar refractivity (Wildman–Crippen MR) is 65.5 cm³/mol. The lowest BCUT2D eigenvalue weighted by molar-refractivity contribution is -0.386. The molecule has 0 saturated carbocycles. The number of nitro benzene ring substituents is 1. The van der Waals surface area contributed by atoms with Crippen molar-refractivity contribution in [3.63, 3.8) is 0 Å². The molecular weight excluding hydrogens is 230 g/mol. The van der Waals surface area contributed by atoms with E-state index in [4.69, 9.17) is 16.3 Å². The zero-order valence-electron chi connectivity index (χ0n) is 10.1. The molecule has 90 valence electrons. The number of nitrogens with zero attached hydrogens (tertiary/aromatic N) is 1. The topological polar surface area (TPSA) is 52.4 Å². The molecule has 0 fully saturated rings. The van der Waals surface area contributed by atoms with E-state index in [-0.39, 0.29) is 11.4 Å². The Morgan fingerprint density at radius 3 is 2.25 bits per heavy atom. The van der Waals surface area contributed by atoms with Crippen LogP contribution in [0.3, 0.4) is 0 Å². The molecule has 4 nitrogen and oxygen atoms in total. The van der Waals surface area contributed by atoms with Crippen LogP contribution >= 0.6 is 11.6 Å². The van der Waals surface area contributed by atoms with Gasteiger partial charge in [0.2, 0.25) is 0 Å². The normalized spacial score (nSPS) is 9.12. The Kier molecular flexibility index (Phi) is 5.82. The molecule has 0 amide bonds. The highest BCUT2D eigenvalue weighted by Gasteiger charge is 2.21. The molecule has 0 saturated heterocycles. The van der Waals surface area contributed by atoms with Crippen molar-refractivity contribution >= 4 is 17.3 Å². The molecule has 0 bridgehead atoms. The molecular formula is C11H16ClNO3. The fourth-order valence-corrected chi connectivity index (χ4v) is 1.44. The van der Waals surface area contributed by atoms with Gasteiger partial charge in [-0.25, -0.2) is 0 Å². The van der Waals surface area contributed by atoms with E-state index < -0.39 is 4.92 Å². The van der Waals surface area contributed by atoms with Crippen molar-refractivity contribution in [3.8, 4) is 5.75 Å². The van der Waals surface area contributed by atoms with Crippen molar-refractivity contribution in [2.75, 3.05) is 7.11 Å². The van der Waals surface area contributed by atoms with Crippen LogP contribution in [0.2, 0.25) is 5.02 Å². The van der Waals surface area contributed by atoms with Gasteiger partial charge in [0.15, 0.2) is 5.75 Å². The van der Waals surface area contributed by atoms with Crippen LogP contribution in [0.5, 0.6) is 5.75 Å². The van der Waals surface area contributed by atoms with Gasteiger partial charge in [-0.2, -0.15) is 0 Å². The first-order chi connectivity index (χ1) is 7.49. The molecule has 0 unspecified atom stereocenters. The van der Waals surface area contributed by atoms with E-state index in [1.807, 2.05) is 13.8 Å². The van der Waals surface area contributed by atoms with Gasteiger partial charge >= 0.3 is 5.69 Å². The van der Waals surface area contributed by atoms with Gasteiger partial charge in [-0.05, 0) is 25.5 Å². The third-order valence-corrected chi connectivity index (χ3v) is 2.60. The minimum absolute atomic E-state index is 0.0666. The molecule has 5 heteroatoms. The highest BCUT2D eigenvalue weighted by Crippen LogP contribution is 2.37. The third kappa shape index (κ3) is 2.85. The van der Waals surface area contributed by atoms with Gasteiger partial charge in [-0.1, -0.05) is 25.4 Å². The van der Waals surface area contributed by atoms with E-state index in [0.29, 0.717) is 10.6 Å². The standard InChI is InChI=1S/C9H10ClNO3.C2H6/c1-5-4-7(14-3)9(11(12)13)6(2)8(5)10;1-2/h4H,1-3H3;1-2H3. The van der Waals surface area contributed by atoms with Gasteiger partial charge in [0, 0.05) is 5.56 Å². The Balaban J connectivity index is 0.00000106. The maximum atomic E-state index is 10.7. The first-order valence-electron chi connectivity index (χ1n) is 4.97. The highest BCUT2D eigenvalue weighted by atomic mass is 35.5. The highest BCUT2D eigenvalue weighted by molar-refractivity contribution is 6.32. The average Bonchev–Trinajstić information content (AvgIpc) is 2.27. The predicted octanol–water partition coefficient (Wildman–Crippen LogP) is 3.90. The number of ether oxygens (including phenoxy) is 1. The fourth-order valence-electron chi connectivity index (χ4n) is 1.30. The van der Waals surface area contributed by atoms with Crippen molar-refractivity contribution in [2.45, 2.75) is 27.7 Å². The molecule has 1 rings (SSSR count). The molecule has 0 heterocycles. The summed E-state index contributed by atoms with van der Waals surface area (Å²) < 4.78 is 4.92. The molecule has 0 aliphatic heterocycles. The summed E-state index contributed by atoms with van der Waals surface area (Å²) in [5.41, 5.74) is 1.14. The van der Waals surface area contributed by atoms with Crippen LogP contribution in [-0.2, 0) is 0 Å². The zero-order chi connectivity index (χ0) is 12.9. The van der Waals surface area contributed by atoms with Crippen LogP contribution in [0.4, 0.5) is 5.69 Å². The molecule has 1 aromatic rings. The Morgan fingerprint density at radius 2 is 1.88 bits per heavy atom. The first-order valence-corrected chi connectivity index (χ1v) is 5.35. The minimum Gasteiger partial charge on any atom is -0.490 e. The number of hydrogen-bond acceptors (Lipinski definition) is 3. The Morgan fingerprint density at radius 1 is 1.38 bits per heavy atom. The first kappa shape index (κ1) is 14.7. The zero-order valence-corrected chi connectivity index (χ0v) is 10.9. The molecule has 0 spiro atoms. The SMILES string of the molecule is CC.COc1cc(C)c(Cl)c(C)c1[N+](=O)[O-]. The minimum atomic E-state index is -0.487. The maximum absolute atomic E-state index is 10.7. The largest absolute Gasteiger partial charge is 0.490 e. The lowest BCUT2D eigenvalue weighted by Gasteiger charge is -2.07. The summed E-state index contributed by atoms with van der Waals surface area (Å²) >= 11 is 5.90. The molecule has 0 aliphatic rings. The van der Waals surface area contributed by atoms with Gasteiger partial charge in [-0.3, -0.25) is 10.1 Å². The van der Waals surface area contributed by atoms with Gasteiger partial charge in [0.25, 0.3) is 0 Å². The van der Waals surface area contributed by atoms with Crippen molar-refractivity contribution in [3.05, 3.63) is 32.3 Å². The maximum Gasteiger partial charge on any atom is 0.315 e. The monoisotopic (exact) mass is 245 g/mol. The summed E-state index contributed by atoms with van der Waals surface area (Å²) in [6.45, 7) is 7.39. The van der Waals surface area contributed by atoms with Crippen LogP contribution in [0.15, 0.2) is 6.07 Å². The van der Waals surface area contributed by atoms with Crippen LogP contribution in [0.1, 0.15) is 25.0 Å². The second-order valence-corrected chi connectivity index (χ2v) is 3.32. The van der Waals surface area contributed by atoms with Crippen LogP contribution in [0.25, 0.3) is 0 Å². The molecule has 1 aromatic carbocycles. The van der Waals surface area contributed by atoms with Crippen LogP contribution < -0.4 is 4.74 Å². The summed E-state index contributed by atoms with van der Waals surface area (Å²) in [7, 11) is 1.40. The van der Waals surface area contributed by atoms with Crippen molar-refractivity contribution < 1.29 is 9.66 Å². The van der Waals surface area contributed by atoms with Crippen LogP contribution in [-0.4, -0.2) is 12.0 Å². The van der Waals surface area contributed by atoms with E-state index in [9.17, 15) is 10.1 Å². The number of methoxy groups -OCH3 is 1. The quantitative estimate of drug-likeness (QED) is 0.587. The Labute approximate surface area is 100 Å². The van der Waals surface area contributed by atoms with Crippen molar-refractivity contribution in [2.24, 2.45) is 0 Å². The van der Waals surface area contributed by atoms with Crippen molar-refractivity contribution in [1.29, 1.82) is 0 Å². The molecule has 0 N–H and O–H groups in total. The van der Waals surface area contributed by atoms with E-state index >= 15 is 0 Å². The Bertz CT molecular complexity index is 391. The number of nitro groups is 1. The van der Waals surface area contributed by atoms with E-state index in [1.54, 1.807) is 19.9 Å². The lowest BCUT2D eigenvalue weighted by atomic mass is 10.1. The summed E-state index contributed by atoms with van der Waals surface area (Å²) in [5, 5.41) is 11.1. The summed E-state index contributed by atoms with van der Waals surface area (Å²) in [6, 6.07) is 1.56. The van der Waals surface area contributed by atoms with Gasteiger partial charge in [0.1, 0.15) is 0 Å². The summed E-state index contributed by atoms with van der Waals surface area (Å²) in [6.07, 6.45) is 0. The summed E-state index contributed by atoms with van der Waals surface area (Å²) in [5.74, 6) is 0.245. The molecule has 0 aromatic heterocycles. The number of hydrogen-bond donors (Lipinski definition) is 0. The van der Waals surface area contributed by atoms with E-state index in [1.165, 1.54) is 7.11 Å². The van der Waals surface area contributed by atoms with Gasteiger partial charge in [-0.15, -0.1) is 0 Å². The van der Waals surface area contributed by atoms with Gasteiger partial charge in [0.05, 0.1) is 17.1 Å². The molecule has 0 atom stereocenters. The number of benzene rings is 1. The average molecular weight is 246 g/mol. The fraction of sp³-hybridized carbons (Fsp3) is 0.455. The number of rotatable bonds is 2. The second-order valence-electron chi connectivity index (χ2n) is 2.94. The summed E-state index contributed by atoms with van der Waals surface area (Å²) in [4.78, 5) is 10.2. The number of aryl methyl sites for hydroxylation is 1. The smallest absolute Gasteiger partial charge is 0.315 e. The molecule has 16 heavy (non-hydrogen) atoms. The third-order valence-electron chi connectivity index (χ3n) is 2.01. The Hall–Kier alpha value is -1.29. The van der Waals surface area contributed by atoms with E-state index in [2.05, 4.69) is 0 Å². The molecule has 0 radical (unpaired) electrons. The lowest BCUT2D eigenvalue weighted by Crippen LogP contribution is -1.98. The van der Waals surface area contributed by atoms with Crippen LogP contribution in [0, 0.1) is 24.0 Å².